The van der Waals surface area contributed by atoms with Gasteiger partial charge in [-0.1, -0.05) is 6.07 Å². The van der Waals surface area contributed by atoms with Gasteiger partial charge in [-0.2, -0.15) is 5.26 Å². The van der Waals surface area contributed by atoms with Crippen LogP contribution in [0.2, 0.25) is 0 Å². The minimum absolute atomic E-state index is 0.296. The van der Waals surface area contributed by atoms with E-state index in [9.17, 15) is 10.4 Å². The van der Waals surface area contributed by atoms with E-state index in [0.29, 0.717) is 34.3 Å². The van der Waals surface area contributed by atoms with Crippen molar-refractivity contribution < 1.29 is 5.11 Å². The molecule has 3 aromatic heterocycles. The molecule has 2 fully saturated rings. The molecule has 8 heteroatoms. The molecule has 1 aliphatic heterocycles. The van der Waals surface area contributed by atoms with E-state index in [2.05, 4.69) is 20.9 Å². The molecule has 1 aliphatic carbocycles. The van der Waals surface area contributed by atoms with Crippen LogP contribution in [-0.4, -0.2) is 38.7 Å². The lowest BCUT2D eigenvalue weighted by molar-refractivity contribution is 0.0922. The Morgan fingerprint density at radius 1 is 1.28 bits per heavy atom. The lowest BCUT2D eigenvalue weighted by Crippen LogP contribution is -2.27. The number of hydrogen-bond donors (Lipinski definition) is 2. The largest absolute Gasteiger partial charge is 0.398 e. The van der Waals surface area contributed by atoms with Crippen LogP contribution in [0.5, 0.6) is 0 Å². The van der Waals surface area contributed by atoms with Crippen molar-refractivity contribution in [3.05, 3.63) is 41.4 Å². The highest BCUT2D eigenvalue weighted by Gasteiger charge is 2.49. The van der Waals surface area contributed by atoms with E-state index in [1.165, 1.54) is 11.3 Å². The van der Waals surface area contributed by atoms with Crippen molar-refractivity contribution in [3.8, 4) is 28.2 Å². The second-order valence-corrected chi connectivity index (χ2v) is 8.58. The van der Waals surface area contributed by atoms with Crippen LogP contribution >= 0.6 is 11.3 Å². The lowest BCUT2D eigenvalue weighted by Gasteiger charge is -2.20. The maximum absolute atomic E-state index is 10.4. The molecular formula is C21H20N6OS. The molecule has 4 heterocycles. The van der Waals surface area contributed by atoms with Gasteiger partial charge in [0.25, 0.3) is 0 Å². The van der Waals surface area contributed by atoms with Gasteiger partial charge in [-0.15, -0.1) is 11.3 Å². The van der Waals surface area contributed by atoms with E-state index in [-0.39, 0.29) is 0 Å². The number of anilines is 2. The van der Waals surface area contributed by atoms with Crippen LogP contribution < -0.4 is 10.6 Å². The van der Waals surface area contributed by atoms with Crippen molar-refractivity contribution in [2.75, 3.05) is 23.7 Å². The standard InChI is InChI=1S/C21H20N6OS/c22-11-14-15(23)10-17(20-24-7-9-29-20)26-19(14)16-2-1-3-18(25-16)27-8-4-13(12-27)21(28)5-6-21/h1-3,7,9-10,13,28H,4-6,8,12H2,(H2,23,26). The molecule has 2 aliphatic rings. The molecule has 1 saturated carbocycles. The first-order chi connectivity index (χ1) is 14.1. The maximum atomic E-state index is 10.4. The molecule has 146 valence electrons. The van der Waals surface area contributed by atoms with Crippen molar-refractivity contribution in [2.24, 2.45) is 5.92 Å². The Morgan fingerprint density at radius 2 is 2.14 bits per heavy atom. The molecule has 7 nitrogen and oxygen atoms in total. The van der Waals surface area contributed by atoms with E-state index in [1.807, 2.05) is 23.6 Å². The van der Waals surface area contributed by atoms with Crippen LogP contribution in [0.1, 0.15) is 24.8 Å². The Balaban J connectivity index is 1.51. The van der Waals surface area contributed by atoms with E-state index in [4.69, 9.17) is 10.7 Å². The number of aliphatic hydroxyl groups is 1. The van der Waals surface area contributed by atoms with Gasteiger partial charge in [-0.25, -0.2) is 15.0 Å². The van der Waals surface area contributed by atoms with Crippen molar-refractivity contribution >= 4 is 22.8 Å². The molecule has 0 spiro atoms. The lowest BCUT2D eigenvalue weighted by atomic mass is 10.00. The summed E-state index contributed by atoms with van der Waals surface area (Å²) >= 11 is 1.47. The summed E-state index contributed by atoms with van der Waals surface area (Å²) in [6.07, 6.45) is 4.48. The monoisotopic (exact) mass is 404 g/mol. The van der Waals surface area contributed by atoms with Crippen LogP contribution in [0, 0.1) is 17.2 Å². The summed E-state index contributed by atoms with van der Waals surface area (Å²) < 4.78 is 0. The predicted molar refractivity (Wildman–Crippen MR) is 112 cm³/mol. The summed E-state index contributed by atoms with van der Waals surface area (Å²) in [5, 5.41) is 22.7. The first-order valence-corrected chi connectivity index (χ1v) is 10.5. The van der Waals surface area contributed by atoms with Gasteiger partial charge in [0.15, 0.2) is 0 Å². The summed E-state index contributed by atoms with van der Waals surface area (Å²) in [6.45, 7) is 1.66. The second-order valence-electron chi connectivity index (χ2n) is 7.69. The molecule has 5 rings (SSSR count). The van der Waals surface area contributed by atoms with E-state index >= 15 is 0 Å². The van der Waals surface area contributed by atoms with Crippen molar-refractivity contribution in [1.29, 1.82) is 5.26 Å². The molecule has 29 heavy (non-hydrogen) atoms. The van der Waals surface area contributed by atoms with Gasteiger partial charge >= 0.3 is 0 Å². The Labute approximate surface area is 172 Å². The Hall–Kier alpha value is -3.02. The quantitative estimate of drug-likeness (QED) is 0.687. The summed E-state index contributed by atoms with van der Waals surface area (Å²) in [7, 11) is 0. The molecule has 1 saturated heterocycles. The number of thiazole rings is 1. The fourth-order valence-corrected chi connectivity index (χ4v) is 4.60. The van der Waals surface area contributed by atoms with Crippen LogP contribution in [0.3, 0.4) is 0 Å². The number of nitrogens with two attached hydrogens (primary N) is 1. The highest BCUT2D eigenvalue weighted by Crippen LogP contribution is 2.46. The number of hydrogen-bond acceptors (Lipinski definition) is 8. The Kier molecular flexibility index (Phi) is 4.23. The third-order valence-electron chi connectivity index (χ3n) is 5.82. The van der Waals surface area contributed by atoms with Crippen LogP contribution in [-0.2, 0) is 0 Å². The SMILES string of the molecule is N#Cc1c(N)cc(-c2nccs2)nc1-c1cccc(N2CCC(C3(O)CC3)C2)n1. The maximum Gasteiger partial charge on any atom is 0.141 e. The van der Waals surface area contributed by atoms with Gasteiger partial charge in [-0.05, 0) is 37.5 Å². The van der Waals surface area contributed by atoms with Gasteiger partial charge in [0.2, 0.25) is 0 Å². The Morgan fingerprint density at radius 3 is 2.86 bits per heavy atom. The molecular weight excluding hydrogens is 384 g/mol. The molecule has 0 bridgehead atoms. The van der Waals surface area contributed by atoms with Crippen molar-refractivity contribution in [1.82, 2.24) is 15.0 Å². The Bertz CT molecular complexity index is 1100. The zero-order valence-electron chi connectivity index (χ0n) is 15.7. The smallest absolute Gasteiger partial charge is 0.141 e. The zero-order valence-corrected chi connectivity index (χ0v) is 16.6. The first-order valence-electron chi connectivity index (χ1n) is 9.62. The molecule has 1 atom stereocenters. The number of nitriles is 1. The molecule has 0 amide bonds. The summed E-state index contributed by atoms with van der Waals surface area (Å²) in [5.74, 6) is 1.13. The predicted octanol–water partition coefficient (Wildman–Crippen LogP) is 3.07. The number of rotatable bonds is 4. The molecule has 0 radical (unpaired) electrons. The van der Waals surface area contributed by atoms with Gasteiger partial charge < -0.3 is 15.7 Å². The number of nitrogen functional groups attached to an aromatic ring is 1. The summed E-state index contributed by atoms with van der Waals surface area (Å²) in [5.41, 5.74) is 8.09. The molecule has 3 N–H and O–H groups in total. The molecule has 0 aromatic carbocycles. The van der Waals surface area contributed by atoms with Crippen LogP contribution in [0.15, 0.2) is 35.8 Å². The van der Waals surface area contributed by atoms with Crippen LogP contribution in [0.25, 0.3) is 22.1 Å². The van der Waals surface area contributed by atoms with Gasteiger partial charge in [0, 0.05) is 30.6 Å². The molecule has 3 aromatic rings. The third-order valence-corrected chi connectivity index (χ3v) is 6.62. The van der Waals surface area contributed by atoms with Gasteiger partial charge in [-0.3, -0.25) is 0 Å². The fraction of sp³-hybridized carbons (Fsp3) is 0.333. The third kappa shape index (κ3) is 3.22. The van der Waals surface area contributed by atoms with Crippen molar-refractivity contribution in [3.63, 3.8) is 0 Å². The van der Waals surface area contributed by atoms with E-state index in [0.717, 1.165) is 43.2 Å². The number of aromatic nitrogens is 3. The topological polar surface area (TPSA) is 112 Å². The minimum atomic E-state index is -0.474. The zero-order chi connectivity index (χ0) is 20.0. The average molecular weight is 404 g/mol. The second kappa shape index (κ2) is 6.79. The highest BCUT2D eigenvalue weighted by molar-refractivity contribution is 7.13. The van der Waals surface area contributed by atoms with E-state index < -0.39 is 5.60 Å². The summed E-state index contributed by atoms with van der Waals surface area (Å²) in [4.78, 5) is 16.0. The fourth-order valence-electron chi connectivity index (χ4n) is 4.00. The normalized spacial score (nSPS) is 19.9. The first kappa shape index (κ1) is 18.0. The highest BCUT2D eigenvalue weighted by atomic mass is 32.1. The van der Waals surface area contributed by atoms with Gasteiger partial charge in [0.1, 0.15) is 33.8 Å². The number of nitrogens with zero attached hydrogens (tertiary/aromatic N) is 5. The minimum Gasteiger partial charge on any atom is -0.398 e. The van der Waals surface area contributed by atoms with Gasteiger partial charge in [0.05, 0.1) is 17.0 Å². The van der Waals surface area contributed by atoms with Crippen LogP contribution in [0.4, 0.5) is 11.5 Å². The summed E-state index contributed by atoms with van der Waals surface area (Å²) in [6, 6.07) is 9.59. The van der Waals surface area contributed by atoms with Crippen molar-refractivity contribution in [2.45, 2.75) is 24.9 Å². The average Bonchev–Trinajstić information content (AvgIpc) is 3.18. The molecule has 1 unspecified atom stereocenters. The number of pyridine rings is 2. The van der Waals surface area contributed by atoms with E-state index in [1.54, 1.807) is 12.3 Å².